The molecule has 0 aliphatic heterocycles. The molecular weight excluding hydrogens is 536 g/mol. The first kappa shape index (κ1) is 24.2. The summed E-state index contributed by atoms with van der Waals surface area (Å²) in [6, 6.07) is 0. The molecule has 0 fully saturated rings. The van der Waals surface area contributed by atoms with Crippen LogP contribution in [0.1, 0.15) is 0 Å². The smallest absolute Gasteiger partial charge is 0.427 e. The first-order chi connectivity index (χ1) is 5.20. The Labute approximate surface area is 101 Å². The largest absolute Gasteiger partial charge is 3.00 e. The molecule has 0 amide bonds. The van der Waals surface area contributed by atoms with Crippen LogP contribution in [0.2, 0.25) is 0 Å². The van der Waals surface area contributed by atoms with Crippen molar-refractivity contribution in [2.24, 2.45) is 0 Å². The van der Waals surface area contributed by atoms with Crippen molar-refractivity contribution in [3.63, 3.8) is 0 Å². The van der Waals surface area contributed by atoms with Gasteiger partial charge in [-0.3, -0.25) is 0 Å². The van der Waals surface area contributed by atoms with E-state index >= 15 is 0 Å². The molecule has 0 unspecified atom stereocenters. The Morgan fingerprint density at radius 2 is 0.385 bits per heavy atom. The van der Waals surface area contributed by atoms with E-state index in [4.69, 9.17) is 30.9 Å². The molecule has 0 saturated heterocycles. The summed E-state index contributed by atoms with van der Waals surface area (Å²) in [6.45, 7) is 0. The number of hydrogen-bond donors (Lipinski definition) is 0. The van der Waals surface area contributed by atoms with Crippen molar-refractivity contribution in [2.75, 3.05) is 0 Å². The Morgan fingerprint density at radius 1 is 0.385 bits per heavy atom. The summed E-state index contributed by atoms with van der Waals surface area (Å²) in [5, 5.41) is 0. The van der Waals surface area contributed by atoms with Gasteiger partial charge >= 0.3 is 8.41 Å². The molecule has 0 aromatic heterocycles. The molecule has 0 aromatic carbocycles. The first-order valence-corrected chi connectivity index (χ1v) is 9.32. The summed E-state index contributed by atoms with van der Waals surface area (Å²) in [6.07, 6.45) is 0. The van der Waals surface area contributed by atoms with Gasteiger partial charge in [-0.1, -0.05) is 0 Å². The predicted molar refractivity (Wildman–Crippen MR) is 5.75 cm³/mol. The Hall–Kier alpha value is 1.89. The van der Waals surface area contributed by atoms with Crippen LogP contribution in [-0.4, -0.2) is 8.41 Å². The van der Waals surface area contributed by atoms with Gasteiger partial charge in [0.2, 0.25) is 0 Å². The van der Waals surface area contributed by atoms with Gasteiger partial charge in [0.15, 0.2) is 0 Å². The molecule has 0 spiro atoms. The molecule has 0 heterocycles. The minimum atomic E-state index is -4.01. The molecule has 9 nitrogen and oxygen atoms in total. The summed E-state index contributed by atoms with van der Waals surface area (Å²) in [5.74, 6) is 0. The topological polar surface area (TPSA) is 208 Å². The predicted octanol–water partition coefficient (Wildman–Crippen LogP) is -20.1. The maximum atomic E-state index is 8.57. The zero-order chi connectivity index (χ0) is 10.7. The van der Waals surface area contributed by atoms with Crippen molar-refractivity contribution in [3.05, 3.63) is 0 Å². The minimum Gasteiger partial charge on any atom is -0.427 e. The summed E-state index contributed by atoms with van der Waals surface area (Å²) in [4.78, 5) is 0. The third kappa shape index (κ3) is 548. The number of hydrogen-bond acceptors (Lipinski definition) is 9. The van der Waals surface area contributed by atoms with Crippen LogP contribution < -0.4 is 94.1 Å². The fourth-order valence-electron chi connectivity index (χ4n) is 0. The molecule has 13 heteroatoms. The maximum Gasteiger partial charge on any atom is 3.00 e. The summed E-state index contributed by atoms with van der Waals surface area (Å²) in [5.41, 5.74) is 0. The van der Waals surface area contributed by atoms with E-state index in [0.29, 0.717) is 0 Å². The standard InChI is InChI=1S/B.3IO3/c;3*2-1(3)4/q+3;3*-1. The first-order valence-electron chi connectivity index (χ1n) is 1.39. The fraction of sp³-hybridized carbons (Fsp3) is 0. The van der Waals surface area contributed by atoms with Gasteiger partial charge in [-0.15, -0.1) is 0 Å². The van der Waals surface area contributed by atoms with Crippen molar-refractivity contribution in [1.82, 2.24) is 0 Å². The average Bonchev–Trinajstić information content (AvgIpc) is 1.54. The third-order valence-electron chi connectivity index (χ3n) is 0. The van der Waals surface area contributed by atoms with Crippen molar-refractivity contribution in [1.29, 1.82) is 0 Å². The Balaban J connectivity index is -0.0000000450. The van der Waals surface area contributed by atoms with Gasteiger partial charge in [-0.2, -0.15) is 0 Å². The van der Waals surface area contributed by atoms with Crippen LogP contribution in [0.5, 0.6) is 0 Å². The molecule has 0 aromatic rings. The molecule has 0 atom stereocenters. The van der Waals surface area contributed by atoms with Crippen LogP contribution in [0.4, 0.5) is 0 Å². The maximum absolute atomic E-state index is 8.57. The Kier molecular flexibility index (Phi) is 36.3. The second-order valence-electron chi connectivity index (χ2n) is 0.567. The minimum absolute atomic E-state index is 0. The second kappa shape index (κ2) is 19.5. The molecule has 0 bridgehead atoms. The van der Waals surface area contributed by atoms with Crippen molar-refractivity contribution < 1.29 is 94.1 Å². The van der Waals surface area contributed by atoms with Crippen LogP contribution in [0, 0.1) is 0 Å². The van der Waals surface area contributed by atoms with Crippen molar-refractivity contribution >= 4 is 8.41 Å². The average molecular weight is 536 g/mol. The molecule has 0 N–H and O–H groups in total. The second-order valence-corrected chi connectivity index (χ2v) is 3.80. The van der Waals surface area contributed by atoms with Gasteiger partial charge in [0, 0.05) is 0 Å². The van der Waals surface area contributed by atoms with Gasteiger partial charge in [0.25, 0.3) is 63.2 Å². The zero-order valence-electron chi connectivity index (χ0n) is 5.39. The fourth-order valence-corrected chi connectivity index (χ4v) is 0. The summed E-state index contributed by atoms with van der Waals surface area (Å²) < 4.78 is 77.2. The quantitative estimate of drug-likeness (QED) is 0.213. The van der Waals surface area contributed by atoms with E-state index in [9.17, 15) is 0 Å². The molecule has 78 valence electrons. The molecule has 13 heavy (non-hydrogen) atoms. The zero-order valence-corrected chi connectivity index (χ0v) is 11.9. The van der Waals surface area contributed by atoms with Crippen LogP contribution in [0.15, 0.2) is 0 Å². The van der Waals surface area contributed by atoms with E-state index in [1.165, 1.54) is 0 Å². The van der Waals surface area contributed by atoms with E-state index < -0.39 is 63.2 Å². The Morgan fingerprint density at radius 3 is 0.385 bits per heavy atom. The van der Waals surface area contributed by atoms with Gasteiger partial charge in [-0.25, -0.2) is 0 Å². The molecule has 0 rings (SSSR count). The van der Waals surface area contributed by atoms with Gasteiger partial charge < -0.3 is 30.9 Å². The summed E-state index contributed by atoms with van der Waals surface area (Å²) >= 11 is -12.0. The van der Waals surface area contributed by atoms with Crippen molar-refractivity contribution in [2.45, 2.75) is 0 Å². The van der Waals surface area contributed by atoms with Crippen LogP contribution in [-0.2, 0) is 0 Å². The molecule has 0 radical (unpaired) electrons. The molecule has 0 aliphatic carbocycles. The van der Waals surface area contributed by atoms with E-state index in [-0.39, 0.29) is 8.41 Å². The van der Waals surface area contributed by atoms with E-state index in [1.807, 2.05) is 0 Å². The van der Waals surface area contributed by atoms with Crippen LogP contribution in [0.3, 0.4) is 0 Å². The molecular formula is BI3O9. The van der Waals surface area contributed by atoms with E-state index in [2.05, 4.69) is 0 Å². The van der Waals surface area contributed by atoms with Crippen LogP contribution >= 0.6 is 0 Å². The van der Waals surface area contributed by atoms with Crippen molar-refractivity contribution in [3.8, 4) is 0 Å². The van der Waals surface area contributed by atoms with E-state index in [1.54, 1.807) is 0 Å². The molecule has 0 saturated carbocycles. The Bertz CT molecular complexity index is 43.4. The van der Waals surface area contributed by atoms with E-state index in [0.717, 1.165) is 0 Å². The van der Waals surface area contributed by atoms with Crippen LogP contribution in [0.25, 0.3) is 0 Å². The monoisotopic (exact) mass is 536 g/mol. The normalized spacial score (nSPS) is 8.31. The number of rotatable bonds is 0. The van der Waals surface area contributed by atoms with Gasteiger partial charge in [0.1, 0.15) is 0 Å². The number of halogens is 3. The van der Waals surface area contributed by atoms with Gasteiger partial charge in [-0.05, 0) is 0 Å². The summed E-state index contributed by atoms with van der Waals surface area (Å²) in [7, 11) is 0. The SMILES string of the molecule is [B+3].[O-][I+2]([O-])[O-].[O-][I+2]([O-])[O-].[O-][I+2]([O-])[O-]. The van der Waals surface area contributed by atoms with Gasteiger partial charge in [0.05, 0.1) is 0 Å². The molecule has 0 aliphatic rings. The third-order valence-corrected chi connectivity index (χ3v) is 0.